The van der Waals surface area contributed by atoms with Crippen LogP contribution in [0.15, 0.2) is 41.0 Å². The maximum Gasteiger partial charge on any atom is 0.255 e. The second kappa shape index (κ2) is 6.20. The molecule has 5 nitrogen and oxygen atoms in total. The first-order valence-corrected chi connectivity index (χ1v) is 6.70. The number of furan rings is 1. The van der Waals surface area contributed by atoms with Gasteiger partial charge in [-0.3, -0.25) is 4.79 Å². The SMILES string of the molecule is COc1ccc(Cl)cc1C(=O)NC[C@@](C)(O)c1ccco1. The van der Waals surface area contributed by atoms with Gasteiger partial charge in [0, 0.05) is 5.02 Å². The van der Waals surface area contributed by atoms with Gasteiger partial charge in [0.2, 0.25) is 0 Å². The number of nitrogens with one attached hydrogen (secondary N) is 1. The van der Waals surface area contributed by atoms with Crippen LogP contribution in [0, 0.1) is 0 Å². The molecule has 2 N–H and O–H groups in total. The van der Waals surface area contributed by atoms with Gasteiger partial charge in [0.25, 0.3) is 5.91 Å². The number of benzene rings is 1. The number of ether oxygens (including phenoxy) is 1. The van der Waals surface area contributed by atoms with Gasteiger partial charge >= 0.3 is 0 Å². The third kappa shape index (κ3) is 3.56. The number of hydrogen-bond acceptors (Lipinski definition) is 4. The van der Waals surface area contributed by atoms with Crippen molar-refractivity contribution in [1.82, 2.24) is 5.32 Å². The third-order valence-corrected chi connectivity index (χ3v) is 3.29. The van der Waals surface area contributed by atoms with Crippen molar-refractivity contribution in [3.63, 3.8) is 0 Å². The van der Waals surface area contributed by atoms with Gasteiger partial charge in [-0.05, 0) is 37.3 Å². The molecule has 1 amide bonds. The van der Waals surface area contributed by atoms with E-state index >= 15 is 0 Å². The van der Waals surface area contributed by atoms with E-state index in [1.807, 2.05) is 0 Å². The van der Waals surface area contributed by atoms with E-state index in [2.05, 4.69) is 5.32 Å². The molecule has 0 saturated heterocycles. The second-order valence-electron chi connectivity index (χ2n) is 4.78. The second-order valence-corrected chi connectivity index (χ2v) is 5.21. The lowest BCUT2D eigenvalue weighted by Gasteiger charge is -2.21. The van der Waals surface area contributed by atoms with Crippen molar-refractivity contribution in [2.75, 3.05) is 13.7 Å². The van der Waals surface area contributed by atoms with Gasteiger partial charge in [0.15, 0.2) is 0 Å². The van der Waals surface area contributed by atoms with Gasteiger partial charge in [-0.2, -0.15) is 0 Å². The van der Waals surface area contributed by atoms with Crippen LogP contribution in [0.1, 0.15) is 23.0 Å². The Morgan fingerprint density at radius 1 is 1.48 bits per heavy atom. The Morgan fingerprint density at radius 2 is 2.24 bits per heavy atom. The van der Waals surface area contributed by atoms with E-state index in [0.29, 0.717) is 22.1 Å². The monoisotopic (exact) mass is 309 g/mol. The van der Waals surface area contributed by atoms with Crippen LogP contribution >= 0.6 is 11.6 Å². The van der Waals surface area contributed by atoms with E-state index in [1.54, 1.807) is 31.2 Å². The van der Waals surface area contributed by atoms with Crippen molar-refractivity contribution in [1.29, 1.82) is 0 Å². The van der Waals surface area contributed by atoms with Crippen LogP contribution in [-0.4, -0.2) is 24.7 Å². The van der Waals surface area contributed by atoms with E-state index in [-0.39, 0.29) is 12.5 Å². The van der Waals surface area contributed by atoms with E-state index in [0.717, 1.165) is 0 Å². The lowest BCUT2D eigenvalue weighted by Crippen LogP contribution is -2.38. The Bertz CT molecular complexity index is 623. The summed E-state index contributed by atoms with van der Waals surface area (Å²) in [5, 5.41) is 13.4. The number of carbonyl (C=O) groups is 1. The number of hydrogen-bond donors (Lipinski definition) is 2. The minimum atomic E-state index is -1.30. The molecule has 2 rings (SSSR count). The van der Waals surface area contributed by atoms with Gasteiger partial charge in [-0.15, -0.1) is 0 Å². The molecule has 0 spiro atoms. The predicted octanol–water partition coefficient (Wildman–Crippen LogP) is 2.58. The summed E-state index contributed by atoms with van der Waals surface area (Å²) in [6.07, 6.45) is 1.46. The van der Waals surface area contributed by atoms with Gasteiger partial charge < -0.3 is 19.6 Å². The van der Waals surface area contributed by atoms with Gasteiger partial charge in [0.1, 0.15) is 17.1 Å². The highest BCUT2D eigenvalue weighted by atomic mass is 35.5. The van der Waals surface area contributed by atoms with Crippen LogP contribution in [0.3, 0.4) is 0 Å². The highest BCUT2D eigenvalue weighted by Gasteiger charge is 2.27. The summed E-state index contributed by atoms with van der Waals surface area (Å²) in [4.78, 5) is 12.2. The van der Waals surface area contributed by atoms with E-state index < -0.39 is 5.60 Å². The number of halogens is 1. The Balaban J connectivity index is 2.10. The standard InChI is InChI=1S/C15H16ClNO4/c1-15(19,13-4-3-7-21-13)9-17-14(18)11-8-10(16)5-6-12(11)20-2/h3-8,19H,9H2,1-2H3,(H,17,18)/t15-/m1/s1. The molecule has 0 unspecified atom stereocenters. The van der Waals surface area contributed by atoms with Crippen molar-refractivity contribution in [3.8, 4) is 5.75 Å². The first-order chi connectivity index (χ1) is 9.94. The summed E-state index contributed by atoms with van der Waals surface area (Å²) >= 11 is 5.89. The smallest absolute Gasteiger partial charge is 0.255 e. The zero-order chi connectivity index (χ0) is 15.5. The minimum absolute atomic E-state index is 0.00495. The van der Waals surface area contributed by atoms with Gasteiger partial charge in [-0.25, -0.2) is 0 Å². The molecule has 0 fully saturated rings. The number of aliphatic hydroxyl groups is 1. The molecular weight excluding hydrogens is 294 g/mol. The summed E-state index contributed by atoms with van der Waals surface area (Å²) in [5.41, 5.74) is -0.995. The van der Waals surface area contributed by atoms with Crippen LogP contribution in [0.5, 0.6) is 5.75 Å². The molecule has 1 heterocycles. The summed E-state index contributed by atoms with van der Waals surface area (Å²) in [6.45, 7) is 1.55. The number of amides is 1. The van der Waals surface area contributed by atoms with Crippen LogP contribution in [0.2, 0.25) is 5.02 Å². The highest BCUT2D eigenvalue weighted by molar-refractivity contribution is 6.31. The topological polar surface area (TPSA) is 71.7 Å². The first kappa shape index (κ1) is 15.4. The molecule has 2 aromatic rings. The van der Waals surface area contributed by atoms with Crippen molar-refractivity contribution >= 4 is 17.5 Å². The quantitative estimate of drug-likeness (QED) is 0.890. The largest absolute Gasteiger partial charge is 0.496 e. The summed E-state index contributed by atoms with van der Waals surface area (Å²) < 4.78 is 10.3. The molecule has 0 radical (unpaired) electrons. The fourth-order valence-electron chi connectivity index (χ4n) is 1.88. The summed E-state index contributed by atoms with van der Waals surface area (Å²) in [5.74, 6) is 0.400. The highest BCUT2D eigenvalue weighted by Crippen LogP contribution is 2.24. The lowest BCUT2D eigenvalue weighted by molar-refractivity contribution is 0.0330. The zero-order valence-electron chi connectivity index (χ0n) is 11.7. The van der Waals surface area contributed by atoms with E-state index in [9.17, 15) is 9.90 Å². The van der Waals surface area contributed by atoms with Crippen LogP contribution in [-0.2, 0) is 5.60 Å². The number of carbonyl (C=O) groups excluding carboxylic acids is 1. The predicted molar refractivity (Wildman–Crippen MR) is 78.6 cm³/mol. The molecular formula is C15H16ClNO4. The van der Waals surface area contributed by atoms with E-state index in [1.165, 1.54) is 19.4 Å². The van der Waals surface area contributed by atoms with Gasteiger partial charge in [0.05, 0.1) is 25.5 Å². The fraction of sp³-hybridized carbons (Fsp3) is 0.267. The van der Waals surface area contributed by atoms with Crippen LogP contribution < -0.4 is 10.1 Å². The molecule has 0 aliphatic rings. The molecule has 0 saturated carbocycles. The molecule has 0 bridgehead atoms. The lowest BCUT2D eigenvalue weighted by atomic mass is 10.0. The average molecular weight is 310 g/mol. The van der Waals surface area contributed by atoms with Crippen LogP contribution in [0.4, 0.5) is 0 Å². The Kier molecular flexibility index (Phi) is 4.55. The number of methoxy groups -OCH3 is 1. The van der Waals surface area contributed by atoms with Crippen molar-refractivity contribution in [2.24, 2.45) is 0 Å². The molecule has 1 aromatic heterocycles. The molecule has 0 aliphatic heterocycles. The Morgan fingerprint density at radius 3 is 2.86 bits per heavy atom. The molecule has 1 aromatic carbocycles. The summed E-state index contributed by atoms with van der Waals surface area (Å²) in [6, 6.07) is 8.08. The fourth-order valence-corrected chi connectivity index (χ4v) is 2.05. The molecule has 1 atom stereocenters. The molecule has 21 heavy (non-hydrogen) atoms. The third-order valence-electron chi connectivity index (χ3n) is 3.05. The zero-order valence-corrected chi connectivity index (χ0v) is 12.5. The van der Waals surface area contributed by atoms with Crippen molar-refractivity contribution in [2.45, 2.75) is 12.5 Å². The Labute approximate surface area is 127 Å². The van der Waals surface area contributed by atoms with Crippen molar-refractivity contribution < 1.29 is 19.1 Å². The maximum atomic E-state index is 12.2. The van der Waals surface area contributed by atoms with E-state index in [4.69, 9.17) is 20.8 Å². The Hall–Kier alpha value is -1.98. The minimum Gasteiger partial charge on any atom is -0.496 e. The number of rotatable bonds is 5. The summed E-state index contributed by atoms with van der Waals surface area (Å²) in [7, 11) is 1.47. The average Bonchev–Trinajstić information content (AvgIpc) is 3.00. The first-order valence-electron chi connectivity index (χ1n) is 6.32. The maximum absolute atomic E-state index is 12.2. The molecule has 6 heteroatoms. The normalized spacial score (nSPS) is 13.5. The van der Waals surface area contributed by atoms with Crippen molar-refractivity contribution in [3.05, 3.63) is 52.9 Å². The van der Waals surface area contributed by atoms with Crippen LogP contribution in [0.25, 0.3) is 0 Å². The molecule has 0 aliphatic carbocycles. The molecule has 112 valence electrons. The van der Waals surface area contributed by atoms with Gasteiger partial charge in [-0.1, -0.05) is 11.6 Å².